The third kappa shape index (κ3) is 3.72. The third-order valence-electron chi connectivity index (χ3n) is 3.27. The van der Waals surface area contributed by atoms with Crippen LogP contribution < -0.4 is 9.64 Å². The van der Waals surface area contributed by atoms with Crippen LogP contribution in [0.3, 0.4) is 0 Å². The number of nitrogens with zero attached hydrogens (tertiary/aromatic N) is 3. The van der Waals surface area contributed by atoms with Gasteiger partial charge >= 0.3 is 0 Å². The molecule has 0 bridgehead atoms. The molecule has 0 aromatic carbocycles. The number of allylic oxidation sites excluding steroid dienone is 1. The van der Waals surface area contributed by atoms with Gasteiger partial charge in [0.2, 0.25) is 11.5 Å². The number of anilines is 1. The van der Waals surface area contributed by atoms with Crippen molar-refractivity contribution in [2.75, 3.05) is 19.1 Å². The molecule has 0 aliphatic carbocycles. The molecule has 0 radical (unpaired) electrons. The Morgan fingerprint density at radius 1 is 1.41 bits per heavy atom. The van der Waals surface area contributed by atoms with Crippen LogP contribution in [-0.4, -0.2) is 36.1 Å². The zero-order chi connectivity index (χ0) is 16.1. The van der Waals surface area contributed by atoms with E-state index in [1.807, 2.05) is 19.2 Å². The highest BCUT2D eigenvalue weighted by atomic mass is 16.5. The molecule has 0 fully saturated rings. The lowest BCUT2D eigenvalue weighted by molar-refractivity contribution is 0.101. The average molecular weight is 301 g/mol. The lowest BCUT2D eigenvalue weighted by Gasteiger charge is -2.22. The summed E-state index contributed by atoms with van der Waals surface area (Å²) in [6.07, 6.45) is 4.82. The van der Waals surface area contributed by atoms with Crippen molar-refractivity contribution in [3.05, 3.63) is 41.8 Å². The smallest absolute Gasteiger partial charge is 0.254 e. The van der Waals surface area contributed by atoms with Crippen LogP contribution in [0, 0.1) is 0 Å². The van der Waals surface area contributed by atoms with E-state index in [-0.39, 0.29) is 17.4 Å². The summed E-state index contributed by atoms with van der Waals surface area (Å²) in [5.74, 6) is 1.02. The van der Waals surface area contributed by atoms with Crippen molar-refractivity contribution in [2.45, 2.75) is 19.9 Å². The summed E-state index contributed by atoms with van der Waals surface area (Å²) in [4.78, 5) is 18.4. The molecule has 0 saturated heterocycles. The zero-order valence-corrected chi connectivity index (χ0v) is 13.1. The van der Waals surface area contributed by atoms with Crippen molar-refractivity contribution in [3.8, 4) is 5.88 Å². The largest absolute Gasteiger partial charge is 0.479 e. The molecule has 0 unspecified atom stereocenters. The number of ketones is 1. The SMILES string of the molecule is COc1cc(C(=O)C=Cc2ccc(N(C)C(C)C)nc2)on1. The van der Waals surface area contributed by atoms with Gasteiger partial charge in [0.25, 0.3) is 5.88 Å². The molecule has 22 heavy (non-hydrogen) atoms. The number of aromatic nitrogens is 2. The maximum atomic E-state index is 11.9. The van der Waals surface area contributed by atoms with Gasteiger partial charge in [-0.3, -0.25) is 4.79 Å². The van der Waals surface area contributed by atoms with Gasteiger partial charge in [-0.05, 0) is 48.9 Å². The van der Waals surface area contributed by atoms with Crippen LogP contribution in [0.4, 0.5) is 5.82 Å². The van der Waals surface area contributed by atoms with Gasteiger partial charge in [-0.15, -0.1) is 0 Å². The van der Waals surface area contributed by atoms with E-state index in [0.717, 1.165) is 11.4 Å². The van der Waals surface area contributed by atoms with E-state index in [0.29, 0.717) is 6.04 Å². The number of hydrogen-bond acceptors (Lipinski definition) is 6. The fourth-order valence-corrected chi connectivity index (χ4v) is 1.69. The summed E-state index contributed by atoms with van der Waals surface area (Å²) >= 11 is 0. The predicted molar refractivity (Wildman–Crippen MR) is 84.2 cm³/mol. The van der Waals surface area contributed by atoms with Crippen LogP contribution in [0.5, 0.6) is 5.88 Å². The summed E-state index contributed by atoms with van der Waals surface area (Å²) in [7, 11) is 3.45. The zero-order valence-electron chi connectivity index (χ0n) is 13.1. The molecule has 0 aliphatic rings. The van der Waals surface area contributed by atoms with Crippen LogP contribution in [0.1, 0.15) is 30.0 Å². The molecule has 6 heteroatoms. The first-order chi connectivity index (χ1) is 10.5. The first-order valence-corrected chi connectivity index (χ1v) is 6.93. The monoisotopic (exact) mass is 301 g/mol. The molecular weight excluding hydrogens is 282 g/mol. The minimum absolute atomic E-state index is 0.136. The minimum Gasteiger partial charge on any atom is -0.479 e. The lowest BCUT2D eigenvalue weighted by atomic mass is 10.2. The number of carbonyl (C=O) groups is 1. The molecular formula is C16H19N3O3. The van der Waals surface area contributed by atoms with Gasteiger partial charge in [-0.2, -0.15) is 0 Å². The second-order valence-electron chi connectivity index (χ2n) is 5.09. The van der Waals surface area contributed by atoms with Gasteiger partial charge < -0.3 is 14.2 Å². The van der Waals surface area contributed by atoms with Crippen LogP contribution in [0.25, 0.3) is 6.08 Å². The quantitative estimate of drug-likeness (QED) is 0.603. The number of ether oxygens (including phenoxy) is 1. The Kier molecular flexibility index (Phi) is 4.93. The van der Waals surface area contributed by atoms with E-state index >= 15 is 0 Å². The van der Waals surface area contributed by atoms with Crippen molar-refractivity contribution < 1.29 is 14.1 Å². The van der Waals surface area contributed by atoms with Gasteiger partial charge in [0.15, 0.2) is 0 Å². The first kappa shape index (κ1) is 15.8. The molecule has 0 amide bonds. The van der Waals surface area contributed by atoms with E-state index in [9.17, 15) is 4.79 Å². The molecule has 0 aliphatic heterocycles. The van der Waals surface area contributed by atoms with Crippen molar-refractivity contribution in [1.29, 1.82) is 0 Å². The van der Waals surface area contributed by atoms with Crippen molar-refractivity contribution in [3.63, 3.8) is 0 Å². The Morgan fingerprint density at radius 2 is 2.18 bits per heavy atom. The van der Waals surface area contributed by atoms with E-state index in [4.69, 9.17) is 9.26 Å². The average Bonchev–Trinajstić information content (AvgIpc) is 3.01. The van der Waals surface area contributed by atoms with Gasteiger partial charge in [0.1, 0.15) is 5.82 Å². The Morgan fingerprint density at radius 3 is 2.73 bits per heavy atom. The number of hydrogen-bond donors (Lipinski definition) is 0. The predicted octanol–water partition coefficient (Wildman–Crippen LogP) is 2.82. The van der Waals surface area contributed by atoms with E-state index in [1.54, 1.807) is 12.3 Å². The molecule has 2 aromatic heterocycles. The molecule has 2 aromatic rings. The van der Waals surface area contributed by atoms with Gasteiger partial charge in [-0.25, -0.2) is 4.98 Å². The highest BCUT2D eigenvalue weighted by molar-refractivity contribution is 6.04. The molecule has 0 N–H and O–H groups in total. The summed E-state index contributed by atoms with van der Waals surface area (Å²) < 4.78 is 9.75. The maximum absolute atomic E-state index is 11.9. The molecule has 6 nitrogen and oxygen atoms in total. The second kappa shape index (κ2) is 6.89. The molecule has 2 heterocycles. The Balaban J connectivity index is 2.05. The summed E-state index contributed by atoms with van der Waals surface area (Å²) in [5, 5.41) is 3.59. The molecule has 116 valence electrons. The van der Waals surface area contributed by atoms with E-state index < -0.39 is 0 Å². The molecule has 2 rings (SSSR count). The highest BCUT2D eigenvalue weighted by Crippen LogP contribution is 2.14. The van der Waals surface area contributed by atoms with Gasteiger partial charge in [0, 0.05) is 19.3 Å². The van der Waals surface area contributed by atoms with Crippen LogP contribution in [0.2, 0.25) is 0 Å². The van der Waals surface area contributed by atoms with E-state index in [2.05, 4.69) is 28.9 Å². The minimum atomic E-state index is -0.279. The number of rotatable bonds is 6. The standard InChI is InChI=1S/C16H19N3O3/c1-11(2)19(3)15-8-6-12(10-17-15)5-7-13(20)14-9-16(21-4)18-22-14/h5-11H,1-4H3. The molecule has 0 spiro atoms. The van der Waals surface area contributed by atoms with Gasteiger partial charge in [-0.1, -0.05) is 0 Å². The third-order valence-corrected chi connectivity index (χ3v) is 3.27. The van der Waals surface area contributed by atoms with Crippen molar-refractivity contribution in [1.82, 2.24) is 10.1 Å². The summed E-state index contributed by atoms with van der Waals surface area (Å²) in [6, 6.07) is 5.65. The first-order valence-electron chi connectivity index (χ1n) is 6.93. The molecule has 0 saturated carbocycles. The maximum Gasteiger partial charge on any atom is 0.254 e. The number of carbonyl (C=O) groups excluding carboxylic acids is 1. The normalized spacial score (nSPS) is 11.1. The number of methoxy groups -OCH3 is 1. The van der Waals surface area contributed by atoms with Crippen LogP contribution >= 0.6 is 0 Å². The second-order valence-corrected chi connectivity index (χ2v) is 5.09. The van der Waals surface area contributed by atoms with E-state index in [1.165, 1.54) is 19.3 Å². The number of pyridine rings is 1. The molecule has 0 atom stereocenters. The van der Waals surface area contributed by atoms with Gasteiger partial charge in [0.05, 0.1) is 13.2 Å². The van der Waals surface area contributed by atoms with Crippen molar-refractivity contribution >= 4 is 17.7 Å². The fraction of sp³-hybridized carbons (Fsp3) is 0.312. The Bertz CT molecular complexity index is 660. The highest BCUT2D eigenvalue weighted by Gasteiger charge is 2.10. The Labute approximate surface area is 129 Å². The topological polar surface area (TPSA) is 68.5 Å². The Hall–Kier alpha value is -2.63. The van der Waals surface area contributed by atoms with Crippen LogP contribution in [-0.2, 0) is 0 Å². The lowest BCUT2D eigenvalue weighted by Crippen LogP contribution is -2.26. The summed E-state index contributed by atoms with van der Waals surface area (Å²) in [5.41, 5.74) is 0.834. The van der Waals surface area contributed by atoms with Crippen molar-refractivity contribution in [2.24, 2.45) is 0 Å². The van der Waals surface area contributed by atoms with Crippen LogP contribution in [0.15, 0.2) is 35.0 Å². The fourth-order valence-electron chi connectivity index (χ4n) is 1.69. The summed E-state index contributed by atoms with van der Waals surface area (Å²) in [6.45, 7) is 4.19.